The first-order valence-electron chi connectivity index (χ1n) is 7.60. The van der Waals surface area contributed by atoms with Crippen LogP contribution in [0.2, 0.25) is 0 Å². The molecular formula is C15H29NO2S. The van der Waals surface area contributed by atoms with E-state index in [0.29, 0.717) is 6.61 Å². The van der Waals surface area contributed by atoms with Crippen LogP contribution in [0.15, 0.2) is 0 Å². The molecule has 0 amide bonds. The van der Waals surface area contributed by atoms with E-state index in [9.17, 15) is 4.79 Å². The van der Waals surface area contributed by atoms with E-state index in [1.807, 2.05) is 6.92 Å². The van der Waals surface area contributed by atoms with Gasteiger partial charge in [0.15, 0.2) is 0 Å². The smallest absolute Gasteiger partial charge is 0.325 e. The summed E-state index contributed by atoms with van der Waals surface area (Å²) in [5, 5.41) is 0. The van der Waals surface area contributed by atoms with Crippen LogP contribution in [0.1, 0.15) is 58.8 Å². The lowest BCUT2D eigenvalue weighted by atomic mass is 9.96. The zero-order valence-electron chi connectivity index (χ0n) is 12.5. The second-order valence-electron chi connectivity index (χ2n) is 5.82. The average Bonchev–Trinajstić information content (AvgIpc) is 2.87. The summed E-state index contributed by atoms with van der Waals surface area (Å²) in [6.45, 7) is 3.99. The van der Waals surface area contributed by atoms with E-state index in [1.54, 1.807) is 6.92 Å². The molecule has 0 aromatic heterocycles. The Bertz CT molecular complexity index is 263. The van der Waals surface area contributed by atoms with Gasteiger partial charge in [0, 0.05) is 0 Å². The molecule has 112 valence electrons. The van der Waals surface area contributed by atoms with Crippen molar-refractivity contribution >= 4 is 17.7 Å². The summed E-state index contributed by atoms with van der Waals surface area (Å²) >= 11 is 2.06. The van der Waals surface area contributed by atoms with Crippen LogP contribution >= 0.6 is 11.8 Å². The molecule has 19 heavy (non-hydrogen) atoms. The van der Waals surface area contributed by atoms with E-state index in [-0.39, 0.29) is 5.97 Å². The number of unbranched alkanes of at least 4 members (excludes halogenated alkanes) is 1. The van der Waals surface area contributed by atoms with Crippen molar-refractivity contribution in [3.63, 3.8) is 0 Å². The van der Waals surface area contributed by atoms with Crippen molar-refractivity contribution < 1.29 is 9.53 Å². The molecule has 1 aliphatic carbocycles. The number of esters is 1. The lowest BCUT2D eigenvalue weighted by Gasteiger charge is -2.21. The van der Waals surface area contributed by atoms with Gasteiger partial charge in [-0.15, -0.1) is 0 Å². The molecule has 0 aromatic carbocycles. The van der Waals surface area contributed by atoms with E-state index < -0.39 is 5.54 Å². The van der Waals surface area contributed by atoms with Gasteiger partial charge in [-0.25, -0.2) is 0 Å². The van der Waals surface area contributed by atoms with Gasteiger partial charge < -0.3 is 10.5 Å². The Kier molecular flexibility index (Phi) is 7.84. The number of ether oxygens (including phenoxy) is 1. The number of nitrogens with two attached hydrogens (primary N) is 1. The van der Waals surface area contributed by atoms with Crippen LogP contribution in [0.5, 0.6) is 0 Å². The highest BCUT2D eigenvalue weighted by Gasteiger charge is 2.28. The lowest BCUT2D eigenvalue weighted by molar-refractivity contribution is -0.149. The zero-order valence-corrected chi connectivity index (χ0v) is 13.3. The van der Waals surface area contributed by atoms with E-state index in [4.69, 9.17) is 10.5 Å². The van der Waals surface area contributed by atoms with Crippen LogP contribution in [-0.2, 0) is 9.53 Å². The fraction of sp³-hybridized carbons (Fsp3) is 0.933. The predicted octanol–water partition coefficient (Wildman–Crippen LogP) is 3.36. The third-order valence-electron chi connectivity index (χ3n) is 3.80. The highest BCUT2D eigenvalue weighted by atomic mass is 32.2. The van der Waals surface area contributed by atoms with Crippen LogP contribution < -0.4 is 5.73 Å². The Morgan fingerprint density at radius 3 is 2.68 bits per heavy atom. The standard InChI is InChI=1S/C15H29NO2S/c1-3-18-14(17)15(2,16)10-6-7-11-19-12-13-8-4-5-9-13/h13H,3-12,16H2,1-2H3. The van der Waals surface area contributed by atoms with Gasteiger partial charge in [-0.3, -0.25) is 4.79 Å². The number of thioether (sulfide) groups is 1. The van der Waals surface area contributed by atoms with Crippen LogP contribution in [0.25, 0.3) is 0 Å². The molecule has 0 radical (unpaired) electrons. The molecule has 4 heteroatoms. The molecule has 0 aliphatic heterocycles. The number of carbonyl (C=O) groups is 1. The highest BCUT2D eigenvalue weighted by molar-refractivity contribution is 7.99. The van der Waals surface area contributed by atoms with Crippen molar-refractivity contribution in [2.75, 3.05) is 18.1 Å². The van der Waals surface area contributed by atoms with Crippen molar-refractivity contribution in [2.24, 2.45) is 11.7 Å². The number of rotatable bonds is 9. The molecular weight excluding hydrogens is 258 g/mol. The first-order valence-corrected chi connectivity index (χ1v) is 8.75. The largest absolute Gasteiger partial charge is 0.465 e. The molecule has 3 nitrogen and oxygen atoms in total. The molecule has 1 aliphatic rings. The molecule has 0 spiro atoms. The Labute approximate surface area is 122 Å². The van der Waals surface area contributed by atoms with Crippen molar-refractivity contribution in [2.45, 2.75) is 64.3 Å². The Morgan fingerprint density at radius 1 is 1.37 bits per heavy atom. The number of carbonyl (C=O) groups excluding carboxylic acids is 1. The molecule has 2 N–H and O–H groups in total. The maximum atomic E-state index is 11.6. The van der Waals surface area contributed by atoms with Crippen molar-refractivity contribution in [3.05, 3.63) is 0 Å². The minimum Gasteiger partial charge on any atom is -0.465 e. The summed E-state index contributed by atoms with van der Waals surface area (Å²) in [5.74, 6) is 3.20. The fourth-order valence-electron chi connectivity index (χ4n) is 2.52. The van der Waals surface area contributed by atoms with E-state index in [1.165, 1.54) is 37.2 Å². The molecule has 1 atom stereocenters. The third-order valence-corrected chi connectivity index (χ3v) is 5.09. The minimum absolute atomic E-state index is 0.270. The van der Waals surface area contributed by atoms with E-state index >= 15 is 0 Å². The summed E-state index contributed by atoms with van der Waals surface area (Å²) in [5.41, 5.74) is 5.17. The van der Waals surface area contributed by atoms with Gasteiger partial charge in [0.1, 0.15) is 5.54 Å². The maximum Gasteiger partial charge on any atom is 0.325 e. The van der Waals surface area contributed by atoms with Gasteiger partial charge in [-0.2, -0.15) is 11.8 Å². The second-order valence-corrected chi connectivity index (χ2v) is 6.97. The third kappa shape index (κ3) is 6.66. The van der Waals surface area contributed by atoms with Gasteiger partial charge in [-0.1, -0.05) is 19.3 Å². The summed E-state index contributed by atoms with van der Waals surface area (Å²) in [4.78, 5) is 11.6. The summed E-state index contributed by atoms with van der Waals surface area (Å²) in [7, 11) is 0. The Morgan fingerprint density at radius 2 is 2.05 bits per heavy atom. The Hall–Kier alpha value is -0.220. The van der Waals surface area contributed by atoms with Gasteiger partial charge in [0.05, 0.1) is 6.61 Å². The molecule has 0 saturated heterocycles. The summed E-state index contributed by atoms with van der Waals surface area (Å²) in [6.07, 6.45) is 8.57. The van der Waals surface area contributed by atoms with E-state index in [0.717, 1.165) is 25.2 Å². The number of hydrogen-bond acceptors (Lipinski definition) is 4. The topological polar surface area (TPSA) is 52.3 Å². The van der Waals surface area contributed by atoms with E-state index in [2.05, 4.69) is 11.8 Å². The zero-order chi connectivity index (χ0) is 14.1. The van der Waals surface area contributed by atoms with Crippen LogP contribution in [-0.4, -0.2) is 29.6 Å². The van der Waals surface area contributed by atoms with Gasteiger partial charge >= 0.3 is 5.97 Å². The van der Waals surface area contributed by atoms with Crippen LogP contribution in [0.3, 0.4) is 0 Å². The maximum absolute atomic E-state index is 11.6. The molecule has 1 unspecified atom stereocenters. The SMILES string of the molecule is CCOC(=O)C(C)(N)CCCCSCC1CCCC1. The lowest BCUT2D eigenvalue weighted by Crippen LogP contribution is -2.46. The minimum atomic E-state index is -0.813. The number of hydrogen-bond donors (Lipinski definition) is 1. The molecule has 0 aromatic rings. The monoisotopic (exact) mass is 287 g/mol. The molecule has 0 bridgehead atoms. The van der Waals surface area contributed by atoms with Gasteiger partial charge in [-0.05, 0) is 57.0 Å². The van der Waals surface area contributed by atoms with Crippen molar-refractivity contribution in [1.82, 2.24) is 0 Å². The molecule has 1 rings (SSSR count). The molecule has 1 fully saturated rings. The van der Waals surface area contributed by atoms with Crippen LogP contribution in [0.4, 0.5) is 0 Å². The normalized spacial score (nSPS) is 19.3. The fourth-order valence-corrected chi connectivity index (χ4v) is 3.76. The molecule has 0 heterocycles. The second kappa shape index (κ2) is 8.85. The predicted molar refractivity (Wildman–Crippen MR) is 82.4 cm³/mol. The molecule has 1 saturated carbocycles. The van der Waals surface area contributed by atoms with Crippen molar-refractivity contribution in [1.29, 1.82) is 0 Å². The first-order chi connectivity index (χ1) is 9.06. The van der Waals surface area contributed by atoms with Crippen molar-refractivity contribution in [3.8, 4) is 0 Å². The average molecular weight is 287 g/mol. The van der Waals surface area contributed by atoms with Gasteiger partial charge in [0.2, 0.25) is 0 Å². The Balaban J connectivity index is 2.01. The first kappa shape index (κ1) is 16.8. The highest BCUT2D eigenvalue weighted by Crippen LogP contribution is 2.28. The van der Waals surface area contributed by atoms with Crippen LogP contribution in [0, 0.1) is 5.92 Å². The quantitative estimate of drug-likeness (QED) is 0.522. The van der Waals surface area contributed by atoms with Gasteiger partial charge in [0.25, 0.3) is 0 Å². The summed E-state index contributed by atoms with van der Waals surface area (Å²) < 4.78 is 4.98. The summed E-state index contributed by atoms with van der Waals surface area (Å²) in [6, 6.07) is 0.